The van der Waals surface area contributed by atoms with Gasteiger partial charge in [-0.2, -0.15) is 5.10 Å². The maximum absolute atomic E-state index is 13.1. The Hall–Kier alpha value is -2.21. The minimum absolute atomic E-state index is 0.0659. The average Bonchev–Trinajstić information content (AvgIpc) is 3.34. The zero-order valence-corrected chi connectivity index (χ0v) is 14.1. The highest BCUT2D eigenvalue weighted by atomic mass is 32.1. The van der Waals surface area contributed by atoms with Crippen molar-refractivity contribution in [2.45, 2.75) is 38.1 Å². The first kappa shape index (κ1) is 14.2. The molecule has 1 aliphatic heterocycles. The Morgan fingerprint density at radius 3 is 3.08 bits per heavy atom. The summed E-state index contributed by atoms with van der Waals surface area (Å²) in [6.45, 7) is 0.793. The summed E-state index contributed by atoms with van der Waals surface area (Å²) in [5.74, 6) is 0.0659. The van der Waals surface area contributed by atoms with Crippen LogP contribution in [0.15, 0.2) is 24.3 Å². The van der Waals surface area contributed by atoms with Crippen LogP contribution in [-0.2, 0) is 12.8 Å². The third-order valence-electron chi connectivity index (χ3n) is 5.12. The Morgan fingerprint density at radius 1 is 1.25 bits per heavy atom. The number of carbonyl (C=O) groups is 1. The number of amides is 1. The minimum Gasteiger partial charge on any atom is -0.328 e. The normalized spacial score (nSPS) is 20.0. The number of aromatic amines is 1. The number of benzene rings is 1. The van der Waals surface area contributed by atoms with Gasteiger partial charge in [0.15, 0.2) is 5.69 Å². The van der Waals surface area contributed by atoms with Gasteiger partial charge in [0.25, 0.3) is 5.91 Å². The summed E-state index contributed by atoms with van der Waals surface area (Å²) in [6.07, 6.45) is 5.10. The van der Waals surface area contributed by atoms with Crippen molar-refractivity contribution in [3.8, 4) is 0 Å². The molecule has 24 heavy (non-hydrogen) atoms. The van der Waals surface area contributed by atoms with Gasteiger partial charge in [-0.3, -0.25) is 9.89 Å². The number of nitrogens with zero attached hydrogens (tertiary/aromatic N) is 3. The Morgan fingerprint density at radius 2 is 2.17 bits per heavy atom. The van der Waals surface area contributed by atoms with Gasteiger partial charge in [-0.05, 0) is 44.2 Å². The predicted molar refractivity (Wildman–Crippen MR) is 93.2 cm³/mol. The van der Waals surface area contributed by atoms with E-state index in [1.165, 1.54) is 4.70 Å². The molecule has 1 amide bonds. The van der Waals surface area contributed by atoms with E-state index in [1.54, 1.807) is 11.3 Å². The number of likely N-dealkylation sites (tertiary alicyclic amines) is 1. The lowest BCUT2D eigenvalue weighted by Gasteiger charge is -2.22. The van der Waals surface area contributed by atoms with E-state index >= 15 is 0 Å². The Balaban J connectivity index is 1.49. The molecule has 1 saturated heterocycles. The number of para-hydroxylation sites is 1. The predicted octanol–water partition coefficient (Wildman–Crippen LogP) is 3.49. The molecule has 2 aromatic heterocycles. The molecular formula is C18H18N4OS. The molecule has 5 nitrogen and oxygen atoms in total. The third kappa shape index (κ3) is 2.09. The number of fused-ring (bicyclic) bond motifs is 2. The number of carbonyl (C=O) groups excluding carboxylic acids is 1. The molecule has 122 valence electrons. The monoisotopic (exact) mass is 338 g/mol. The third-order valence-corrected chi connectivity index (χ3v) is 6.26. The van der Waals surface area contributed by atoms with Crippen LogP contribution in [0.25, 0.3) is 10.2 Å². The fraction of sp³-hybridized carbons (Fsp3) is 0.389. The maximum atomic E-state index is 13.1. The summed E-state index contributed by atoms with van der Waals surface area (Å²) in [4.78, 5) is 19.8. The number of hydrogen-bond donors (Lipinski definition) is 1. The Bertz CT molecular complexity index is 895. The number of nitrogens with one attached hydrogen (secondary N) is 1. The maximum Gasteiger partial charge on any atom is 0.275 e. The van der Waals surface area contributed by atoms with E-state index in [-0.39, 0.29) is 11.9 Å². The molecule has 0 saturated carbocycles. The van der Waals surface area contributed by atoms with Crippen LogP contribution in [0.1, 0.15) is 52.1 Å². The van der Waals surface area contributed by atoms with Gasteiger partial charge in [-0.1, -0.05) is 12.1 Å². The Kier molecular flexibility index (Phi) is 3.19. The van der Waals surface area contributed by atoms with Crippen LogP contribution in [0, 0.1) is 0 Å². The highest BCUT2D eigenvalue weighted by Gasteiger charge is 2.35. The van der Waals surface area contributed by atoms with Crippen molar-refractivity contribution < 1.29 is 4.79 Å². The van der Waals surface area contributed by atoms with Gasteiger partial charge >= 0.3 is 0 Å². The Labute approximate surface area is 143 Å². The number of hydrogen-bond acceptors (Lipinski definition) is 4. The largest absolute Gasteiger partial charge is 0.328 e. The van der Waals surface area contributed by atoms with Crippen LogP contribution in [0.3, 0.4) is 0 Å². The lowest BCUT2D eigenvalue weighted by Crippen LogP contribution is -2.31. The van der Waals surface area contributed by atoms with E-state index in [9.17, 15) is 4.79 Å². The van der Waals surface area contributed by atoms with E-state index in [4.69, 9.17) is 4.98 Å². The fourth-order valence-corrected chi connectivity index (χ4v) is 5.05. The van der Waals surface area contributed by atoms with Crippen LogP contribution in [0.4, 0.5) is 0 Å². The lowest BCUT2D eigenvalue weighted by atomic mass is 10.1. The van der Waals surface area contributed by atoms with Crippen LogP contribution in [0.5, 0.6) is 0 Å². The second-order valence-corrected chi connectivity index (χ2v) is 7.62. The summed E-state index contributed by atoms with van der Waals surface area (Å²) < 4.78 is 1.19. The number of rotatable bonds is 2. The van der Waals surface area contributed by atoms with E-state index in [0.717, 1.165) is 60.4 Å². The highest BCUT2D eigenvalue weighted by Crippen LogP contribution is 2.37. The molecule has 0 radical (unpaired) electrons. The highest BCUT2D eigenvalue weighted by molar-refractivity contribution is 7.18. The topological polar surface area (TPSA) is 61.9 Å². The molecule has 0 bridgehead atoms. The first-order valence-corrected chi connectivity index (χ1v) is 9.35. The van der Waals surface area contributed by atoms with Crippen molar-refractivity contribution in [1.82, 2.24) is 20.1 Å². The molecular weight excluding hydrogens is 320 g/mol. The smallest absolute Gasteiger partial charge is 0.275 e. The molecule has 1 fully saturated rings. The number of aryl methyl sites for hydroxylation is 1. The van der Waals surface area contributed by atoms with Gasteiger partial charge in [-0.15, -0.1) is 11.3 Å². The van der Waals surface area contributed by atoms with Crippen molar-refractivity contribution in [2.75, 3.05) is 6.54 Å². The van der Waals surface area contributed by atoms with Gasteiger partial charge in [0, 0.05) is 17.8 Å². The van der Waals surface area contributed by atoms with Gasteiger partial charge < -0.3 is 4.90 Å². The molecule has 3 aromatic rings. The quantitative estimate of drug-likeness (QED) is 0.778. The number of H-pyrrole nitrogens is 1. The first-order chi connectivity index (χ1) is 11.8. The molecule has 1 atom stereocenters. The van der Waals surface area contributed by atoms with Crippen molar-refractivity contribution in [3.63, 3.8) is 0 Å². The van der Waals surface area contributed by atoms with Gasteiger partial charge in [0.05, 0.1) is 16.3 Å². The van der Waals surface area contributed by atoms with Gasteiger partial charge in [-0.25, -0.2) is 4.98 Å². The molecule has 5 rings (SSSR count). The molecule has 0 unspecified atom stereocenters. The molecule has 0 spiro atoms. The standard InChI is InChI=1S/C18H18N4OS/c23-18(16-11-5-3-7-12(11)20-21-16)22-10-4-8-14(22)17-19-13-6-1-2-9-15(13)24-17/h1-2,6,9,14H,3-5,7-8,10H2,(H,20,21)/t14-/m1/s1. The van der Waals surface area contributed by atoms with Gasteiger partial charge in [0.1, 0.15) is 5.01 Å². The molecule has 3 heterocycles. The van der Waals surface area contributed by atoms with Crippen LogP contribution < -0.4 is 0 Å². The second kappa shape index (κ2) is 5.41. The van der Waals surface area contributed by atoms with Crippen molar-refractivity contribution >= 4 is 27.5 Å². The van der Waals surface area contributed by atoms with E-state index < -0.39 is 0 Å². The first-order valence-electron chi connectivity index (χ1n) is 8.54. The van der Waals surface area contributed by atoms with E-state index in [1.807, 2.05) is 23.1 Å². The van der Waals surface area contributed by atoms with E-state index in [0.29, 0.717) is 5.69 Å². The molecule has 6 heteroatoms. The molecule has 1 aromatic carbocycles. The zero-order valence-electron chi connectivity index (χ0n) is 13.3. The average molecular weight is 338 g/mol. The van der Waals surface area contributed by atoms with E-state index in [2.05, 4.69) is 16.3 Å². The van der Waals surface area contributed by atoms with Crippen LogP contribution in [-0.4, -0.2) is 32.5 Å². The molecule has 1 N–H and O–H groups in total. The van der Waals surface area contributed by atoms with Crippen molar-refractivity contribution in [3.05, 3.63) is 46.2 Å². The second-order valence-electron chi connectivity index (χ2n) is 6.56. The summed E-state index contributed by atoms with van der Waals surface area (Å²) in [7, 11) is 0. The van der Waals surface area contributed by atoms with Gasteiger partial charge in [0.2, 0.25) is 0 Å². The van der Waals surface area contributed by atoms with Crippen LogP contribution in [0.2, 0.25) is 0 Å². The minimum atomic E-state index is 0.0659. The molecule has 1 aliphatic carbocycles. The summed E-state index contributed by atoms with van der Waals surface area (Å²) in [5.41, 5.74) is 3.94. The summed E-state index contributed by atoms with van der Waals surface area (Å²) >= 11 is 1.71. The van der Waals surface area contributed by atoms with Crippen molar-refractivity contribution in [2.24, 2.45) is 0 Å². The molecule has 2 aliphatic rings. The SMILES string of the molecule is O=C(c1n[nH]c2c1CCC2)N1CCC[C@@H]1c1nc2ccccc2s1. The lowest BCUT2D eigenvalue weighted by molar-refractivity contribution is 0.0728. The zero-order chi connectivity index (χ0) is 16.1. The summed E-state index contributed by atoms with van der Waals surface area (Å²) in [5, 5.41) is 8.43. The van der Waals surface area contributed by atoms with Crippen LogP contribution >= 0.6 is 11.3 Å². The number of aromatic nitrogens is 3. The van der Waals surface area contributed by atoms with Crippen molar-refractivity contribution in [1.29, 1.82) is 0 Å². The fourth-order valence-electron chi connectivity index (χ4n) is 3.93. The number of thiazole rings is 1. The summed E-state index contributed by atoms with van der Waals surface area (Å²) in [6, 6.07) is 8.27.